The van der Waals surface area contributed by atoms with Crippen molar-refractivity contribution in [3.63, 3.8) is 0 Å². The molecule has 1 aromatic heterocycles. The van der Waals surface area contributed by atoms with E-state index in [4.69, 9.17) is 0 Å². The Morgan fingerprint density at radius 3 is 2.24 bits per heavy atom. The quantitative estimate of drug-likeness (QED) is 0.637. The molecule has 0 radical (unpaired) electrons. The van der Waals surface area contributed by atoms with Crippen molar-refractivity contribution >= 4 is 22.9 Å². The van der Waals surface area contributed by atoms with Crippen LogP contribution in [0.4, 0.5) is 0 Å². The van der Waals surface area contributed by atoms with E-state index in [1.165, 1.54) is 13.8 Å². The fourth-order valence-electron chi connectivity index (χ4n) is 2.27. The first-order valence-corrected chi connectivity index (χ1v) is 7.63. The molecule has 0 saturated heterocycles. The standard InChI is InChI=1S/C18H16O2S/c1-13(19)18(14(2)20)17(16-6-4-3-5-7-16)9-8-15-10-11-21-12-15/h3-7,10-12,17-18H,1-2H3/t17-/m0/s1. The van der Waals surface area contributed by atoms with Crippen LogP contribution in [0.2, 0.25) is 0 Å². The third-order valence-corrected chi connectivity index (χ3v) is 3.94. The zero-order valence-electron chi connectivity index (χ0n) is 12.0. The second-order valence-corrected chi connectivity index (χ2v) is 5.65. The molecule has 0 fully saturated rings. The van der Waals surface area contributed by atoms with Gasteiger partial charge in [0.25, 0.3) is 0 Å². The maximum absolute atomic E-state index is 11.9. The summed E-state index contributed by atoms with van der Waals surface area (Å²) in [6.45, 7) is 2.91. The zero-order valence-corrected chi connectivity index (χ0v) is 12.8. The summed E-state index contributed by atoms with van der Waals surface area (Å²) in [6, 6.07) is 11.4. The average molecular weight is 296 g/mol. The molecule has 0 saturated carbocycles. The molecule has 0 aliphatic rings. The van der Waals surface area contributed by atoms with Gasteiger partial charge in [0.05, 0.1) is 11.8 Å². The molecule has 1 atom stereocenters. The highest BCUT2D eigenvalue weighted by Crippen LogP contribution is 2.26. The summed E-state index contributed by atoms with van der Waals surface area (Å²) >= 11 is 1.57. The third kappa shape index (κ3) is 3.90. The molecule has 0 spiro atoms. The molecule has 1 aromatic carbocycles. The molecule has 2 nitrogen and oxygen atoms in total. The van der Waals surface area contributed by atoms with Crippen LogP contribution in [0.1, 0.15) is 30.9 Å². The van der Waals surface area contributed by atoms with Gasteiger partial charge in [-0.3, -0.25) is 9.59 Å². The van der Waals surface area contributed by atoms with E-state index < -0.39 is 11.8 Å². The second kappa shape index (κ2) is 7.01. The number of thiophene rings is 1. The van der Waals surface area contributed by atoms with Gasteiger partial charge in [-0.25, -0.2) is 0 Å². The minimum absolute atomic E-state index is 0.143. The lowest BCUT2D eigenvalue weighted by atomic mass is 9.81. The number of Topliss-reactive ketones (excluding diaryl/α,β-unsaturated/α-hetero) is 2. The molecule has 0 amide bonds. The van der Waals surface area contributed by atoms with Crippen molar-refractivity contribution in [1.29, 1.82) is 0 Å². The van der Waals surface area contributed by atoms with Gasteiger partial charge in [-0.2, -0.15) is 11.3 Å². The monoisotopic (exact) mass is 296 g/mol. The molecule has 0 bridgehead atoms. The summed E-state index contributed by atoms with van der Waals surface area (Å²) < 4.78 is 0. The van der Waals surface area contributed by atoms with E-state index in [0.29, 0.717) is 0 Å². The van der Waals surface area contributed by atoms with Gasteiger partial charge in [0.15, 0.2) is 0 Å². The average Bonchev–Trinajstić information content (AvgIpc) is 2.96. The molecular weight excluding hydrogens is 280 g/mol. The lowest BCUT2D eigenvalue weighted by molar-refractivity contribution is -0.130. The lowest BCUT2D eigenvalue weighted by Gasteiger charge is -2.18. The smallest absolute Gasteiger partial charge is 0.141 e. The molecule has 0 aliphatic carbocycles. The summed E-state index contributed by atoms with van der Waals surface area (Å²) in [4.78, 5) is 23.7. The van der Waals surface area contributed by atoms with E-state index in [9.17, 15) is 9.59 Å². The van der Waals surface area contributed by atoms with E-state index in [1.54, 1.807) is 11.3 Å². The summed E-state index contributed by atoms with van der Waals surface area (Å²) in [5.74, 6) is 4.79. The Bertz CT molecular complexity index is 661. The number of carbonyl (C=O) groups is 2. The highest BCUT2D eigenvalue weighted by molar-refractivity contribution is 7.08. The van der Waals surface area contributed by atoms with Gasteiger partial charge in [0.1, 0.15) is 11.6 Å². The minimum Gasteiger partial charge on any atom is -0.299 e. The first-order chi connectivity index (χ1) is 10.1. The van der Waals surface area contributed by atoms with Crippen molar-refractivity contribution in [2.24, 2.45) is 5.92 Å². The van der Waals surface area contributed by atoms with Crippen LogP contribution in [-0.2, 0) is 9.59 Å². The zero-order chi connectivity index (χ0) is 15.2. The first-order valence-electron chi connectivity index (χ1n) is 6.69. The lowest BCUT2D eigenvalue weighted by Crippen LogP contribution is -2.26. The summed E-state index contributed by atoms with van der Waals surface area (Å²) in [5, 5.41) is 3.90. The third-order valence-electron chi connectivity index (χ3n) is 3.26. The predicted molar refractivity (Wildman–Crippen MR) is 85.2 cm³/mol. The van der Waals surface area contributed by atoms with Gasteiger partial charge in [-0.15, -0.1) is 0 Å². The Morgan fingerprint density at radius 2 is 1.71 bits per heavy atom. The molecule has 2 rings (SSSR count). The van der Waals surface area contributed by atoms with Crippen molar-refractivity contribution in [3.05, 3.63) is 58.3 Å². The fraction of sp³-hybridized carbons (Fsp3) is 0.222. The summed E-state index contributed by atoms with van der Waals surface area (Å²) in [7, 11) is 0. The van der Waals surface area contributed by atoms with Crippen molar-refractivity contribution < 1.29 is 9.59 Å². The van der Waals surface area contributed by atoms with E-state index in [2.05, 4.69) is 11.8 Å². The van der Waals surface area contributed by atoms with Gasteiger partial charge in [-0.05, 0) is 30.9 Å². The van der Waals surface area contributed by atoms with Gasteiger partial charge in [0, 0.05) is 10.9 Å². The van der Waals surface area contributed by atoms with Gasteiger partial charge >= 0.3 is 0 Å². The van der Waals surface area contributed by atoms with Crippen molar-refractivity contribution in [2.45, 2.75) is 19.8 Å². The van der Waals surface area contributed by atoms with Crippen molar-refractivity contribution in [1.82, 2.24) is 0 Å². The molecule has 0 aliphatic heterocycles. The number of hydrogen-bond acceptors (Lipinski definition) is 3. The van der Waals surface area contributed by atoms with Crippen molar-refractivity contribution in [3.8, 4) is 11.8 Å². The summed E-state index contributed by atoms with van der Waals surface area (Å²) in [5.41, 5.74) is 1.81. The topological polar surface area (TPSA) is 34.1 Å². The first kappa shape index (κ1) is 15.2. The predicted octanol–water partition coefficient (Wildman–Crippen LogP) is 3.68. The number of carbonyl (C=O) groups excluding carboxylic acids is 2. The van der Waals surface area contributed by atoms with E-state index in [1.807, 2.05) is 47.2 Å². The maximum Gasteiger partial charge on any atom is 0.141 e. The van der Waals surface area contributed by atoms with E-state index in [0.717, 1.165) is 11.1 Å². The highest BCUT2D eigenvalue weighted by Gasteiger charge is 2.29. The Hall–Kier alpha value is -2.18. The SMILES string of the molecule is CC(=O)C(C(C)=O)[C@@H](C#Cc1ccsc1)c1ccccc1. The van der Waals surface area contributed by atoms with Crippen molar-refractivity contribution in [2.75, 3.05) is 0 Å². The van der Waals surface area contributed by atoms with Crippen LogP contribution < -0.4 is 0 Å². The van der Waals surface area contributed by atoms with Crippen LogP contribution in [0.25, 0.3) is 0 Å². The Kier molecular flexibility index (Phi) is 5.08. The van der Waals surface area contributed by atoms with Crippen LogP contribution in [0, 0.1) is 17.8 Å². The largest absolute Gasteiger partial charge is 0.299 e. The Labute approximate surface area is 128 Å². The fourth-order valence-corrected chi connectivity index (χ4v) is 2.86. The van der Waals surface area contributed by atoms with Gasteiger partial charge in [0.2, 0.25) is 0 Å². The number of hydrogen-bond donors (Lipinski definition) is 0. The normalized spacial score (nSPS) is 11.6. The Morgan fingerprint density at radius 1 is 1.05 bits per heavy atom. The summed E-state index contributed by atoms with van der Waals surface area (Å²) in [6.07, 6.45) is 0. The Balaban J connectivity index is 2.44. The molecule has 106 valence electrons. The molecule has 0 N–H and O–H groups in total. The number of rotatable bonds is 4. The van der Waals surface area contributed by atoms with Crippen LogP contribution in [0.3, 0.4) is 0 Å². The molecule has 0 unspecified atom stereocenters. The van der Waals surface area contributed by atoms with Gasteiger partial charge < -0.3 is 0 Å². The molecule has 2 aromatic rings. The van der Waals surface area contributed by atoms with Crippen LogP contribution >= 0.6 is 11.3 Å². The minimum atomic E-state index is -0.710. The highest BCUT2D eigenvalue weighted by atomic mass is 32.1. The van der Waals surface area contributed by atoms with E-state index in [-0.39, 0.29) is 11.6 Å². The van der Waals surface area contributed by atoms with E-state index >= 15 is 0 Å². The number of ketones is 2. The van der Waals surface area contributed by atoms with Crippen LogP contribution in [-0.4, -0.2) is 11.6 Å². The molecular formula is C18H16O2S. The maximum atomic E-state index is 11.9. The molecule has 21 heavy (non-hydrogen) atoms. The molecule has 1 heterocycles. The van der Waals surface area contributed by atoms with Crippen LogP contribution in [0.5, 0.6) is 0 Å². The second-order valence-electron chi connectivity index (χ2n) is 4.87. The number of benzene rings is 1. The molecule has 3 heteroatoms. The van der Waals surface area contributed by atoms with Crippen LogP contribution in [0.15, 0.2) is 47.2 Å². The van der Waals surface area contributed by atoms with Gasteiger partial charge in [-0.1, -0.05) is 42.2 Å².